The molecule has 0 unspecified atom stereocenters. The first kappa shape index (κ1) is 55.1. The van der Waals surface area contributed by atoms with E-state index < -0.39 is 25.0 Å². The summed E-state index contributed by atoms with van der Waals surface area (Å²) in [7, 11) is 6.55. The van der Waals surface area contributed by atoms with Gasteiger partial charge in [-0.05, 0) is 84.4 Å². The number of alkyl halides is 4. The van der Waals surface area contributed by atoms with Crippen LogP contribution in [0.3, 0.4) is 0 Å². The summed E-state index contributed by atoms with van der Waals surface area (Å²) < 4.78 is 86.1. The lowest BCUT2D eigenvalue weighted by Crippen LogP contribution is -2.35. The molecule has 4 aromatic carbocycles. The second-order valence-corrected chi connectivity index (χ2v) is 18.5. The quantitative estimate of drug-likeness (QED) is 0.0811. The maximum absolute atomic E-state index is 13.3. The highest BCUT2D eigenvalue weighted by Gasteiger charge is 2.25. The Balaban J connectivity index is 0.000000184. The second-order valence-electron chi connectivity index (χ2n) is 18.5. The minimum atomic E-state index is -3.11. The number of morpholine rings is 1. The fourth-order valence-electron chi connectivity index (χ4n) is 8.73. The highest BCUT2D eigenvalue weighted by Crippen LogP contribution is 2.41. The van der Waals surface area contributed by atoms with Crippen LogP contribution in [0.1, 0.15) is 36.6 Å². The van der Waals surface area contributed by atoms with Crippen molar-refractivity contribution in [2.75, 3.05) is 51.0 Å². The molecule has 0 radical (unpaired) electrons. The van der Waals surface area contributed by atoms with Crippen LogP contribution in [0.2, 0.25) is 0 Å². The molecular formula is C56H50F4N14O8. The first-order valence-corrected chi connectivity index (χ1v) is 25.1. The first-order chi connectivity index (χ1) is 39.6. The fourth-order valence-corrected chi connectivity index (χ4v) is 8.73. The third-order valence-corrected chi connectivity index (χ3v) is 12.4. The van der Waals surface area contributed by atoms with E-state index in [-0.39, 0.29) is 68.2 Å². The Hall–Kier alpha value is -10.2. The van der Waals surface area contributed by atoms with Crippen LogP contribution in [0.4, 0.5) is 28.9 Å². The van der Waals surface area contributed by atoms with Gasteiger partial charge in [-0.15, -0.1) is 0 Å². The third kappa shape index (κ3) is 12.9. The van der Waals surface area contributed by atoms with Crippen LogP contribution in [0.25, 0.3) is 33.8 Å². The van der Waals surface area contributed by atoms with Crippen molar-refractivity contribution in [2.24, 2.45) is 14.1 Å². The molecule has 0 atom stereocenters. The number of aryl methyl sites for hydroxylation is 2. The fraction of sp³-hybridized carbons (Fsp3) is 0.196. The smallest absolute Gasteiger partial charge is 0.387 e. The molecule has 26 heteroatoms. The Morgan fingerprint density at radius 2 is 1.12 bits per heavy atom. The molecule has 0 saturated carbocycles. The lowest BCUT2D eigenvalue weighted by molar-refractivity contribution is -0.0501. The number of fused-ring (bicyclic) bond motifs is 2. The van der Waals surface area contributed by atoms with Crippen LogP contribution in [0.15, 0.2) is 147 Å². The molecule has 2 N–H and O–H groups in total. The topological polar surface area (TPSA) is 224 Å². The Labute approximate surface area is 464 Å². The molecule has 7 heterocycles. The van der Waals surface area contributed by atoms with Gasteiger partial charge in [-0.1, -0.05) is 18.2 Å². The predicted molar refractivity (Wildman–Crippen MR) is 290 cm³/mol. The number of halogens is 4. The largest absolute Gasteiger partial charge is 0.457 e. The minimum absolute atomic E-state index is 0.120. The maximum Gasteiger partial charge on any atom is 0.387 e. The average molecular weight is 1120 g/mol. The zero-order valence-corrected chi connectivity index (χ0v) is 44.2. The number of amides is 3. The van der Waals surface area contributed by atoms with E-state index in [0.717, 1.165) is 38.4 Å². The average Bonchev–Trinajstić information content (AvgIpc) is 4.43. The molecular weight excluding hydrogens is 1070 g/mol. The molecule has 0 spiro atoms. The number of hydrogen-bond donors (Lipinski definition) is 2. The van der Waals surface area contributed by atoms with Gasteiger partial charge in [-0.3, -0.25) is 28.6 Å². The zero-order valence-electron chi connectivity index (χ0n) is 44.2. The summed E-state index contributed by atoms with van der Waals surface area (Å²) in [6.45, 7) is -2.12. The number of nitrogens with zero attached hydrogens (tertiary/aromatic N) is 12. The molecule has 1 saturated heterocycles. The molecule has 22 nitrogen and oxygen atoms in total. The highest BCUT2D eigenvalue weighted by molar-refractivity contribution is 6.10. The van der Waals surface area contributed by atoms with E-state index in [1.54, 1.807) is 95.4 Å². The van der Waals surface area contributed by atoms with Gasteiger partial charge in [0.15, 0.2) is 11.3 Å². The Kier molecular flexibility index (Phi) is 16.4. The molecule has 82 heavy (non-hydrogen) atoms. The van der Waals surface area contributed by atoms with Gasteiger partial charge >= 0.3 is 13.2 Å². The van der Waals surface area contributed by atoms with E-state index in [1.807, 2.05) is 24.3 Å². The molecule has 420 valence electrons. The van der Waals surface area contributed by atoms with E-state index in [4.69, 9.17) is 23.7 Å². The van der Waals surface area contributed by atoms with Gasteiger partial charge in [-0.2, -0.15) is 38.0 Å². The molecule has 10 aromatic rings. The van der Waals surface area contributed by atoms with Crippen LogP contribution in [0.5, 0.6) is 34.5 Å². The van der Waals surface area contributed by atoms with Gasteiger partial charge in [-0.25, -0.2) is 19.0 Å². The summed E-state index contributed by atoms with van der Waals surface area (Å²) in [6.07, 6.45) is 12.3. The number of carbonyl (C=O) groups excluding carboxylic acids is 3. The summed E-state index contributed by atoms with van der Waals surface area (Å²) in [5.74, 6) is 0.0644. The summed E-state index contributed by atoms with van der Waals surface area (Å²) >= 11 is 0. The molecule has 0 bridgehead atoms. The van der Waals surface area contributed by atoms with E-state index in [2.05, 4.69) is 45.9 Å². The van der Waals surface area contributed by atoms with E-state index >= 15 is 0 Å². The maximum atomic E-state index is 13.3. The second kappa shape index (κ2) is 24.4. The highest BCUT2D eigenvalue weighted by atomic mass is 19.3. The van der Waals surface area contributed by atoms with Crippen LogP contribution in [-0.2, 0) is 25.4 Å². The van der Waals surface area contributed by atoms with Gasteiger partial charge in [0, 0.05) is 90.6 Å². The minimum Gasteiger partial charge on any atom is -0.457 e. The van der Waals surface area contributed by atoms with Crippen molar-refractivity contribution in [1.29, 1.82) is 0 Å². The van der Waals surface area contributed by atoms with E-state index in [0.29, 0.717) is 34.1 Å². The van der Waals surface area contributed by atoms with E-state index in [9.17, 15) is 31.9 Å². The normalized spacial score (nSPS) is 12.5. The van der Waals surface area contributed by atoms with Crippen molar-refractivity contribution in [3.63, 3.8) is 0 Å². The molecule has 3 amide bonds. The predicted octanol–water partition coefficient (Wildman–Crippen LogP) is 9.09. The number of carbonyl (C=O) groups is 3. The number of nitrogens with one attached hydrogen (secondary N) is 2. The van der Waals surface area contributed by atoms with Gasteiger partial charge < -0.3 is 39.2 Å². The standard InChI is InChI=1S/C29H27F2N7O4.C27H23F2N7O4/c1-36-18-24(34-28(39)23-16-33-38-10-2-9-32-27(23)38)26(35-36)22-15-21(7-8-25(22)42-29(30)31)41-20-5-3-19(4-6-20)17-37-11-13-40-14-12-37;1-34(2)26(38)16-6-4-7-17(12-16)39-18-8-9-22(40-27(28)29)19(13-18)23-21(15-35(3)33-23)32-25(37)20-14-31-36-11-5-10-30-24(20)36/h2-10,15-16,18,29H,11-14,17H2,1H3,(H,34,39);4-15,27H,1-3H3,(H,32,37). The molecule has 1 fully saturated rings. The third-order valence-electron chi connectivity index (χ3n) is 12.4. The number of aromatic nitrogens is 10. The van der Waals surface area contributed by atoms with Crippen molar-refractivity contribution >= 4 is 40.4 Å². The van der Waals surface area contributed by atoms with Gasteiger partial charge in [0.05, 0.1) is 48.1 Å². The van der Waals surface area contributed by atoms with E-state index in [1.165, 1.54) is 78.4 Å². The Morgan fingerprint density at radius 1 is 0.634 bits per heavy atom. The van der Waals surface area contributed by atoms with Crippen molar-refractivity contribution < 1.29 is 55.6 Å². The number of benzene rings is 4. The molecule has 11 rings (SSSR count). The van der Waals surface area contributed by atoms with Gasteiger partial charge in [0.25, 0.3) is 17.7 Å². The Bertz CT molecular complexity index is 3920. The summed E-state index contributed by atoms with van der Waals surface area (Å²) in [5, 5.41) is 22.6. The van der Waals surface area contributed by atoms with Crippen molar-refractivity contribution in [3.05, 3.63) is 169 Å². The van der Waals surface area contributed by atoms with Gasteiger partial charge in [0.1, 0.15) is 57.0 Å². The van der Waals surface area contributed by atoms with Crippen LogP contribution in [0, 0.1) is 0 Å². The molecule has 1 aliphatic heterocycles. The number of hydrogen-bond acceptors (Lipinski definition) is 15. The van der Waals surface area contributed by atoms with Gasteiger partial charge in [0.2, 0.25) is 0 Å². The summed E-state index contributed by atoms with van der Waals surface area (Å²) in [5.41, 5.74) is 3.98. The summed E-state index contributed by atoms with van der Waals surface area (Å²) in [4.78, 5) is 50.8. The monoisotopic (exact) mass is 1120 g/mol. The number of ether oxygens (including phenoxy) is 5. The molecule has 6 aromatic heterocycles. The summed E-state index contributed by atoms with van der Waals surface area (Å²) in [6, 6.07) is 26.3. The molecule has 0 aliphatic carbocycles. The number of rotatable bonds is 17. The van der Waals surface area contributed by atoms with Crippen molar-refractivity contribution in [1.82, 2.24) is 58.6 Å². The van der Waals surface area contributed by atoms with Crippen LogP contribution < -0.4 is 29.6 Å². The first-order valence-electron chi connectivity index (χ1n) is 25.1. The van der Waals surface area contributed by atoms with Crippen molar-refractivity contribution in [2.45, 2.75) is 19.8 Å². The van der Waals surface area contributed by atoms with Crippen molar-refractivity contribution in [3.8, 4) is 57.0 Å². The SMILES string of the molecule is CN(C)C(=O)c1cccc(Oc2ccc(OC(F)F)c(-c3nn(C)cc3NC(=O)c3cnn4cccnc34)c2)c1.Cn1cc(NC(=O)c2cnn3cccnc23)c(-c2cc(Oc3ccc(CN4CCOCC4)cc3)ccc2OC(F)F)n1. The zero-order chi connectivity index (χ0) is 57.4. The lowest BCUT2D eigenvalue weighted by Gasteiger charge is -2.26. The lowest BCUT2D eigenvalue weighted by atomic mass is 10.1. The van der Waals surface area contributed by atoms with Crippen LogP contribution in [-0.4, -0.2) is 130 Å². The molecule has 1 aliphatic rings. The Morgan fingerprint density at radius 3 is 1.62 bits per heavy atom. The van der Waals surface area contributed by atoms with Crippen LogP contribution >= 0.6 is 0 Å². The number of anilines is 2.